The highest BCUT2D eigenvalue weighted by molar-refractivity contribution is 5.70. The number of hydrogen-bond acceptors (Lipinski definition) is 8. The van der Waals surface area contributed by atoms with Crippen molar-refractivity contribution in [2.45, 2.75) is 334 Å². The summed E-state index contributed by atoms with van der Waals surface area (Å²) in [7, 11) is 5.93. The second-order valence-electron chi connectivity index (χ2n) is 26.2. The minimum absolute atomic E-state index is 0.143. The van der Waals surface area contributed by atoms with Crippen LogP contribution in [0, 0.1) is 0 Å². The molecule has 0 spiro atoms. The highest BCUT2D eigenvalue weighted by Crippen LogP contribution is 2.18. The van der Waals surface area contributed by atoms with Crippen molar-refractivity contribution < 1.29 is 42.9 Å². The number of carbonyl (C=O) groups excluding carboxylic acids is 3. The number of hydrogen-bond donors (Lipinski definition) is 0. The average molecular weight is 1270 g/mol. The standard InChI is InChI=1S/C82H141NO8/c1-6-8-10-12-14-16-18-20-22-24-26-28-30-32-34-36-38-39-40-41-43-45-47-49-51-53-55-57-59-61-63-65-67-69-71-73-80(85)91-78(77-90-82(81(86)87)88-75-74-83(3,4)5)76-89-79(84)72-70-68-66-64-62-60-58-56-54-52-50-48-46-44-42-37-35-33-31-29-27-25-23-21-19-17-15-13-11-9-7-2/h8,10,14,16,19-22,25-28,32,34,38-39,41,43,47,49,78,82H,6-7,9,11-13,15,17-18,23-24,29-31,33,35-37,40,42,44-46,48,50-77H2,1-5H3/b10-8-,16-14-,21-19-,22-20-,27-25-,28-26-,34-32-,39-38-,43-41-,49-47-. The fourth-order valence-corrected chi connectivity index (χ4v) is 10.5. The Kier molecular flexibility index (Phi) is 68.1. The number of nitrogens with zero attached hydrogens (tertiary/aromatic N) is 1. The molecule has 0 fully saturated rings. The van der Waals surface area contributed by atoms with E-state index in [-0.39, 0.29) is 38.6 Å². The lowest BCUT2D eigenvalue weighted by Gasteiger charge is -2.26. The number of carboxylic acid groups (broad SMARTS) is 1. The Labute approximate surface area is 561 Å². The molecule has 0 aliphatic rings. The Balaban J connectivity index is 4.11. The molecule has 91 heavy (non-hydrogen) atoms. The smallest absolute Gasteiger partial charge is 0.306 e. The summed E-state index contributed by atoms with van der Waals surface area (Å²) in [6.45, 7) is 4.64. The maximum Gasteiger partial charge on any atom is 0.306 e. The van der Waals surface area contributed by atoms with E-state index in [1.54, 1.807) is 0 Å². The first-order valence-corrected chi connectivity index (χ1v) is 37.7. The highest BCUT2D eigenvalue weighted by Gasteiger charge is 2.22. The molecule has 0 aliphatic heterocycles. The minimum atomic E-state index is -1.63. The van der Waals surface area contributed by atoms with E-state index >= 15 is 0 Å². The summed E-state index contributed by atoms with van der Waals surface area (Å²) < 4.78 is 22.8. The van der Waals surface area contributed by atoms with Gasteiger partial charge in [-0.3, -0.25) is 9.59 Å². The van der Waals surface area contributed by atoms with Gasteiger partial charge in [0.25, 0.3) is 0 Å². The minimum Gasteiger partial charge on any atom is -0.545 e. The number of esters is 2. The molecule has 0 aromatic heterocycles. The zero-order valence-electron chi connectivity index (χ0n) is 59.7. The van der Waals surface area contributed by atoms with E-state index in [1.165, 1.54) is 186 Å². The first-order chi connectivity index (χ1) is 44.6. The molecule has 0 saturated heterocycles. The van der Waals surface area contributed by atoms with Gasteiger partial charge in [0.05, 0.1) is 40.3 Å². The molecule has 0 aromatic rings. The molecule has 0 saturated carbocycles. The van der Waals surface area contributed by atoms with Crippen LogP contribution in [0.3, 0.4) is 0 Å². The molecule has 0 aliphatic carbocycles. The molecule has 0 heterocycles. The zero-order chi connectivity index (χ0) is 66.1. The van der Waals surface area contributed by atoms with Crippen molar-refractivity contribution in [3.05, 3.63) is 122 Å². The normalized spacial score (nSPS) is 13.4. The SMILES string of the molecule is CC/C=C\C/C=C\C/C=C\C/C=C\C/C=C\C/C=C\C/C=C\C/C=C\CCCCCCCCCCCCC(=O)OC(COC(=O)CCCCCCCCCCCCCCCCCCCCC/C=C\C/C=C\CCCCCCC)COC(OCC[N+](C)(C)C)C(=O)[O-]. The Morgan fingerprint density at radius 2 is 0.626 bits per heavy atom. The molecule has 2 unspecified atom stereocenters. The van der Waals surface area contributed by atoms with Crippen molar-refractivity contribution in [3.8, 4) is 0 Å². The Hall–Kier alpha value is -4.31. The third-order valence-corrected chi connectivity index (χ3v) is 16.2. The third kappa shape index (κ3) is 73.0. The van der Waals surface area contributed by atoms with Crippen molar-refractivity contribution in [1.29, 1.82) is 0 Å². The van der Waals surface area contributed by atoms with Gasteiger partial charge in [0.1, 0.15) is 13.2 Å². The predicted octanol–water partition coefficient (Wildman–Crippen LogP) is 22.6. The number of likely N-dealkylation sites (N-methyl/N-ethyl adjacent to an activating group) is 1. The molecular weight excluding hydrogens is 1130 g/mol. The van der Waals surface area contributed by atoms with Crippen LogP contribution in [0.2, 0.25) is 0 Å². The van der Waals surface area contributed by atoms with Crippen LogP contribution in [0.4, 0.5) is 0 Å². The van der Waals surface area contributed by atoms with Gasteiger partial charge in [0.2, 0.25) is 0 Å². The van der Waals surface area contributed by atoms with Gasteiger partial charge in [-0.15, -0.1) is 0 Å². The Morgan fingerprint density at radius 3 is 0.934 bits per heavy atom. The topological polar surface area (TPSA) is 111 Å². The number of quaternary nitrogens is 1. The maximum atomic E-state index is 13.0. The van der Waals surface area contributed by atoms with E-state index < -0.39 is 24.3 Å². The van der Waals surface area contributed by atoms with Crippen molar-refractivity contribution in [2.75, 3.05) is 47.5 Å². The quantitative estimate of drug-likeness (QED) is 0.0195. The van der Waals surface area contributed by atoms with Crippen LogP contribution in [0.15, 0.2) is 122 Å². The molecule has 0 amide bonds. The number of carboxylic acids is 1. The largest absolute Gasteiger partial charge is 0.545 e. The Bertz CT molecular complexity index is 1910. The fraction of sp³-hybridized carbons (Fsp3) is 0.720. The van der Waals surface area contributed by atoms with Crippen LogP contribution < -0.4 is 5.11 Å². The second kappa shape index (κ2) is 71.5. The summed E-state index contributed by atoms with van der Waals surface area (Å²) in [6, 6.07) is 0. The van der Waals surface area contributed by atoms with Gasteiger partial charge < -0.3 is 33.3 Å². The van der Waals surface area contributed by atoms with Crippen LogP contribution >= 0.6 is 0 Å². The predicted molar refractivity (Wildman–Crippen MR) is 389 cm³/mol. The van der Waals surface area contributed by atoms with Crippen LogP contribution in [-0.4, -0.2) is 82.3 Å². The number of allylic oxidation sites excluding steroid dienone is 20. The van der Waals surface area contributed by atoms with E-state index in [9.17, 15) is 19.5 Å². The highest BCUT2D eigenvalue weighted by atomic mass is 16.7. The summed E-state index contributed by atoms with van der Waals surface area (Å²) in [6.07, 6.45) is 98.6. The molecule has 522 valence electrons. The van der Waals surface area contributed by atoms with Gasteiger partial charge in [-0.1, -0.05) is 322 Å². The van der Waals surface area contributed by atoms with Crippen LogP contribution in [0.5, 0.6) is 0 Å². The lowest BCUT2D eigenvalue weighted by atomic mass is 10.0. The first-order valence-electron chi connectivity index (χ1n) is 37.7. The molecule has 0 bridgehead atoms. The van der Waals surface area contributed by atoms with Crippen LogP contribution in [-0.2, 0) is 33.3 Å². The molecule has 0 aromatic carbocycles. The van der Waals surface area contributed by atoms with Crippen molar-refractivity contribution in [1.82, 2.24) is 0 Å². The molecule has 9 nitrogen and oxygen atoms in total. The molecule has 9 heteroatoms. The summed E-state index contributed by atoms with van der Waals surface area (Å²) in [4.78, 5) is 37.6. The molecule has 0 N–H and O–H groups in total. The lowest BCUT2D eigenvalue weighted by molar-refractivity contribution is -0.870. The van der Waals surface area contributed by atoms with Gasteiger partial charge in [-0.2, -0.15) is 0 Å². The summed E-state index contributed by atoms with van der Waals surface area (Å²) >= 11 is 0. The number of rotatable bonds is 69. The average Bonchev–Trinajstić information content (AvgIpc) is 3.46. The lowest BCUT2D eigenvalue weighted by Crippen LogP contribution is -2.44. The van der Waals surface area contributed by atoms with Crippen LogP contribution in [0.25, 0.3) is 0 Å². The van der Waals surface area contributed by atoms with Gasteiger partial charge in [0, 0.05) is 12.8 Å². The summed E-state index contributed by atoms with van der Waals surface area (Å²) in [5.41, 5.74) is 0. The molecule has 0 rings (SSSR count). The number of ether oxygens (including phenoxy) is 4. The van der Waals surface area contributed by atoms with E-state index in [2.05, 4.69) is 135 Å². The third-order valence-electron chi connectivity index (χ3n) is 16.2. The fourth-order valence-electron chi connectivity index (χ4n) is 10.5. The van der Waals surface area contributed by atoms with Crippen molar-refractivity contribution >= 4 is 17.9 Å². The van der Waals surface area contributed by atoms with Gasteiger partial charge in [-0.25, -0.2) is 0 Å². The van der Waals surface area contributed by atoms with E-state index in [0.29, 0.717) is 17.4 Å². The summed E-state index contributed by atoms with van der Waals surface area (Å²) in [5.74, 6) is -2.28. The summed E-state index contributed by atoms with van der Waals surface area (Å²) in [5, 5.41) is 11.8. The number of aliphatic carboxylic acids is 1. The number of unbranched alkanes of at least 4 members (excludes halogenated alkanes) is 34. The van der Waals surface area contributed by atoms with E-state index in [4.69, 9.17) is 18.9 Å². The number of carbonyl (C=O) groups is 3. The monoisotopic (exact) mass is 1270 g/mol. The van der Waals surface area contributed by atoms with Crippen LogP contribution in [0.1, 0.15) is 322 Å². The van der Waals surface area contributed by atoms with Gasteiger partial charge in [-0.05, 0) is 109 Å². The maximum absolute atomic E-state index is 13.0. The van der Waals surface area contributed by atoms with Crippen molar-refractivity contribution in [3.63, 3.8) is 0 Å². The van der Waals surface area contributed by atoms with Gasteiger partial charge in [0.15, 0.2) is 12.4 Å². The molecular formula is C82H141NO8. The van der Waals surface area contributed by atoms with E-state index in [1.807, 2.05) is 21.1 Å². The molecule has 0 radical (unpaired) electrons. The Morgan fingerprint density at radius 1 is 0.341 bits per heavy atom. The van der Waals surface area contributed by atoms with E-state index in [0.717, 1.165) is 103 Å². The second-order valence-corrected chi connectivity index (χ2v) is 26.2. The molecule has 2 atom stereocenters. The van der Waals surface area contributed by atoms with Gasteiger partial charge >= 0.3 is 11.9 Å². The first kappa shape index (κ1) is 86.7. The van der Waals surface area contributed by atoms with Crippen molar-refractivity contribution in [2.24, 2.45) is 0 Å². The zero-order valence-corrected chi connectivity index (χ0v) is 59.7.